The quantitative estimate of drug-likeness (QED) is 0.132. The molecule has 0 unspecified atom stereocenters. The van der Waals surface area contributed by atoms with Crippen LogP contribution in [-0.2, 0) is 11.2 Å². The number of fused-ring (bicyclic) bond motifs is 1. The maximum absolute atomic E-state index is 13.9. The fourth-order valence-electron chi connectivity index (χ4n) is 7.22. The van der Waals surface area contributed by atoms with Crippen molar-refractivity contribution >= 4 is 33.8 Å². The highest BCUT2D eigenvalue weighted by Gasteiger charge is 2.26. The Morgan fingerprint density at radius 3 is 2.27 bits per heavy atom. The predicted molar refractivity (Wildman–Crippen MR) is 194 cm³/mol. The summed E-state index contributed by atoms with van der Waals surface area (Å²) in [5.41, 5.74) is 6.01. The number of hydrogen-bond donors (Lipinski definition) is 1. The molecule has 0 aromatic heterocycles. The number of amides is 1. The fourth-order valence-corrected chi connectivity index (χ4v) is 7.22. The third-order valence-corrected chi connectivity index (χ3v) is 9.62. The number of carboxylic acids is 1. The molecule has 0 saturated carbocycles. The second-order valence-electron chi connectivity index (χ2n) is 13.9. The number of carbonyl (C=O) groups excluding carboxylic acids is 1. The van der Waals surface area contributed by atoms with Gasteiger partial charge in [-0.2, -0.15) is 0 Å². The van der Waals surface area contributed by atoms with Gasteiger partial charge in [-0.05, 0) is 101 Å². The molecule has 4 aromatic carbocycles. The third-order valence-electron chi connectivity index (χ3n) is 9.62. The Morgan fingerprint density at radius 2 is 1.58 bits per heavy atom. The summed E-state index contributed by atoms with van der Waals surface area (Å²) >= 11 is 0. The largest absolute Gasteiger partial charge is 0.494 e. The third kappa shape index (κ3) is 8.23. The van der Waals surface area contributed by atoms with E-state index in [9.17, 15) is 14.7 Å². The first-order valence-electron chi connectivity index (χ1n) is 17.2. The summed E-state index contributed by atoms with van der Waals surface area (Å²) < 4.78 is 6.06. The van der Waals surface area contributed by atoms with Gasteiger partial charge < -0.3 is 19.6 Å². The maximum atomic E-state index is 13.9. The summed E-state index contributed by atoms with van der Waals surface area (Å²) in [5.74, 6) is -0.112. The predicted octanol–water partition coefficient (Wildman–Crippen LogP) is 8.37. The summed E-state index contributed by atoms with van der Waals surface area (Å²) in [7, 11) is 0. The lowest BCUT2D eigenvalue weighted by Crippen LogP contribution is -2.40. The second-order valence-corrected chi connectivity index (χ2v) is 13.9. The fraction of sp³-hybridized carbons (Fsp3) is 0.333. The van der Waals surface area contributed by atoms with Crippen LogP contribution in [0.15, 0.2) is 103 Å². The van der Waals surface area contributed by atoms with Crippen molar-refractivity contribution in [2.75, 3.05) is 39.3 Å². The average molecular weight is 643 g/mol. The molecule has 6 rings (SSSR count). The molecular weight excluding hydrogens is 596 g/mol. The van der Waals surface area contributed by atoms with Crippen LogP contribution in [0.5, 0.6) is 5.75 Å². The van der Waals surface area contributed by atoms with Crippen LogP contribution >= 0.6 is 0 Å². The van der Waals surface area contributed by atoms with E-state index in [1.165, 1.54) is 37.6 Å². The van der Waals surface area contributed by atoms with Gasteiger partial charge in [-0.3, -0.25) is 4.79 Å². The lowest BCUT2D eigenvalue weighted by atomic mass is 9.84. The molecule has 4 aromatic rings. The van der Waals surface area contributed by atoms with Crippen molar-refractivity contribution in [2.24, 2.45) is 5.41 Å². The lowest BCUT2D eigenvalue weighted by Gasteiger charge is -2.38. The van der Waals surface area contributed by atoms with Crippen molar-refractivity contribution in [1.29, 1.82) is 0 Å². The van der Waals surface area contributed by atoms with Gasteiger partial charge in [0.25, 0.3) is 5.91 Å². The summed E-state index contributed by atoms with van der Waals surface area (Å²) in [6.45, 7) is 10.1. The number of rotatable bonds is 11. The zero-order valence-corrected chi connectivity index (χ0v) is 28.2. The molecule has 248 valence electrons. The van der Waals surface area contributed by atoms with Crippen molar-refractivity contribution in [3.8, 4) is 5.75 Å². The molecule has 2 heterocycles. The normalized spacial score (nSPS) is 16.8. The molecule has 6 heteroatoms. The zero-order chi connectivity index (χ0) is 33.5. The Bertz CT molecular complexity index is 1810. The summed E-state index contributed by atoms with van der Waals surface area (Å²) in [5, 5.41) is 11.4. The van der Waals surface area contributed by atoms with E-state index in [0.29, 0.717) is 36.1 Å². The molecule has 2 aliphatic rings. The smallest absolute Gasteiger partial charge is 0.328 e. The first-order valence-corrected chi connectivity index (χ1v) is 17.2. The number of piperidine rings is 1. The van der Waals surface area contributed by atoms with Gasteiger partial charge in [0, 0.05) is 37.8 Å². The van der Waals surface area contributed by atoms with Crippen molar-refractivity contribution in [2.45, 2.75) is 46.0 Å². The van der Waals surface area contributed by atoms with Gasteiger partial charge in [0.2, 0.25) is 0 Å². The minimum absolute atomic E-state index is 0.0169. The Kier molecular flexibility index (Phi) is 10.4. The molecule has 0 radical (unpaired) electrons. The SMILES string of the molecule is CC1(C)CCCN(CCCOc2ccc(C3=CCN(C(=O)c4ccc(/C(=C/C(=O)O)Cc5ccccc5)c5ccccc45)CC3)cc2)C1. The van der Waals surface area contributed by atoms with E-state index in [0.717, 1.165) is 59.2 Å². The molecular formula is C42H46N2O4. The molecule has 6 nitrogen and oxygen atoms in total. The molecule has 2 aliphatic heterocycles. The second kappa shape index (κ2) is 15.0. The molecule has 0 aliphatic carbocycles. The van der Waals surface area contributed by atoms with Crippen LogP contribution in [0.1, 0.15) is 66.6 Å². The van der Waals surface area contributed by atoms with Crippen molar-refractivity contribution in [1.82, 2.24) is 9.80 Å². The maximum Gasteiger partial charge on any atom is 0.328 e. The summed E-state index contributed by atoms with van der Waals surface area (Å²) in [4.78, 5) is 30.1. The van der Waals surface area contributed by atoms with Crippen LogP contribution in [0, 0.1) is 5.41 Å². The Balaban J connectivity index is 1.09. The first kappa shape index (κ1) is 33.2. The van der Waals surface area contributed by atoms with Gasteiger partial charge in [0.1, 0.15) is 5.75 Å². The van der Waals surface area contributed by atoms with Gasteiger partial charge in [0.15, 0.2) is 0 Å². The number of aliphatic carboxylic acids is 1. The van der Waals surface area contributed by atoms with Gasteiger partial charge in [-0.1, -0.05) is 92.7 Å². The highest BCUT2D eigenvalue weighted by atomic mass is 16.5. The van der Waals surface area contributed by atoms with E-state index in [1.807, 2.05) is 71.6 Å². The molecule has 1 fully saturated rings. The van der Waals surface area contributed by atoms with E-state index in [-0.39, 0.29) is 5.91 Å². The number of carbonyl (C=O) groups is 2. The van der Waals surface area contributed by atoms with E-state index >= 15 is 0 Å². The Morgan fingerprint density at radius 1 is 0.875 bits per heavy atom. The first-order chi connectivity index (χ1) is 23.3. The monoisotopic (exact) mass is 642 g/mol. The summed E-state index contributed by atoms with van der Waals surface area (Å²) in [6.07, 6.45) is 8.31. The van der Waals surface area contributed by atoms with Crippen LogP contribution in [0.4, 0.5) is 0 Å². The van der Waals surface area contributed by atoms with Gasteiger partial charge in [-0.15, -0.1) is 0 Å². The van der Waals surface area contributed by atoms with Crippen molar-refractivity contribution in [3.05, 3.63) is 125 Å². The minimum Gasteiger partial charge on any atom is -0.494 e. The van der Waals surface area contributed by atoms with Crippen LogP contribution in [0.25, 0.3) is 21.9 Å². The molecule has 1 N–H and O–H groups in total. The highest BCUT2D eigenvalue weighted by molar-refractivity contribution is 6.10. The number of benzene rings is 4. The number of ether oxygens (including phenoxy) is 1. The van der Waals surface area contributed by atoms with Crippen LogP contribution in [-0.4, -0.2) is 66.1 Å². The molecule has 0 atom stereocenters. The zero-order valence-electron chi connectivity index (χ0n) is 28.2. The van der Waals surface area contributed by atoms with Crippen LogP contribution in [0.3, 0.4) is 0 Å². The molecule has 48 heavy (non-hydrogen) atoms. The molecule has 1 amide bonds. The Labute approximate surface area is 284 Å². The molecule has 1 saturated heterocycles. The standard InChI is InChI=1S/C42H46N2O4/c1-42(2)22-8-23-43(30-42)24-9-27-48-35-16-14-32(15-17-35)33-20-25-44(26-21-33)41(47)39-19-18-36(37-12-6-7-13-38(37)39)34(29-40(45)46)28-31-10-4-3-5-11-31/h3-7,10-20,29H,8-9,21-28,30H2,1-2H3,(H,45,46)/b34-29+. The van der Waals surface area contributed by atoms with E-state index in [4.69, 9.17) is 4.74 Å². The Hall–Kier alpha value is -4.68. The number of hydrogen-bond acceptors (Lipinski definition) is 4. The number of nitrogens with zero attached hydrogens (tertiary/aromatic N) is 2. The summed E-state index contributed by atoms with van der Waals surface area (Å²) in [6, 6.07) is 29.7. The van der Waals surface area contributed by atoms with E-state index in [1.54, 1.807) is 0 Å². The number of allylic oxidation sites excluding steroid dienone is 1. The topological polar surface area (TPSA) is 70.1 Å². The van der Waals surface area contributed by atoms with E-state index < -0.39 is 5.97 Å². The van der Waals surface area contributed by atoms with Gasteiger partial charge in [-0.25, -0.2) is 4.79 Å². The number of likely N-dealkylation sites (tertiary alicyclic amines) is 1. The molecule has 0 bridgehead atoms. The minimum atomic E-state index is -0.990. The molecule has 0 spiro atoms. The number of carboxylic acid groups (broad SMARTS) is 1. The van der Waals surface area contributed by atoms with Crippen LogP contribution in [0.2, 0.25) is 0 Å². The highest BCUT2D eigenvalue weighted by Crippen LogP contribution is 2.32. The average Bonchev–Trinajstić information content (AvgIpc) is 3.09. The van der Waals surface area contributed by atoms with Crippen molar-refractivity contribution < 1.29 is 19.4 Å². The van der Waals surface area contributed by atoms with Gasteiger partial charge in [0.05, 0.1) is 6.61 Å². The van der Waals surface area contributed by atoms with E-state index in [2.05, 4.69) is 49.1 Å². The van der Waals surface area contributed by atoms with Crippen molar-refractivity contribution in [3.63, 3.8) is 0 Å². The van der Waals surface area contributed by atoms with Gasteiger partial charge >= 0.3 is 5.97 Å². The lowest BCUT2D eigenvalue weighted by molar-refractivity contribution is -0.131. The van der Waals surface area contributed by atoms with Crippen LogP contribution < -0.4 is 4.74 Å².